The molecule has 136 valence electrons. The lowest BCUT2D eigenvalue weighted by Crippen LogP contribution is -2.38. The van der Waals surface area contributed by atoms with Crippen molar-refractivity contribution in [3.63, 3.8) is 0 Å². The van der Waals surface area contributed by atoms with Gasteiger partial charge in [-0.25, -0.2) is 0 Å². The average molecular weight is 372 g/mol. The van der Waals surface area contributed by atoms with Gasteiger partial charge in [0.05, 0.1) is 4.88 Å². The molecule has 1 aliphatic heterocycles. The van der Waals surface area contributed by atoms with Crippen LogP contribution in [0.3, 0.4) is 0 Å². The summed E-state index contributed by atoms with van der Waals surface area (Å²) in [7, 11) is 0. The number of nitrogens with one attached hydrogen (secondary N) is 1. The van der Waals surface area contributed by atoms with Gasteiger partial charge in [0, 0.05) is 30.8 Å². The number of carboxylic acid groups (broad SMARTS) is 1. The van der Waals surface area contributed by atoms with E-state index in [-0.39, 0.29) is 24.2 Å². The molecule has 2 aromatic rings. The fourth-order valence-corrected chi connectivity index (χ4v) is 3.72. The molecular formula is C19H20N2O4S. The number of anilines is 1. The molecule has 0 bridgehead atoms. The number of carbonyl (C=O) groups is 3. The number of benzene rings is 1. The predicted molar refractivity (Wildman–Crippen MR) is 99.6 cm³/mol. The zero-order valence-electron chi connectivity index (χ0n) is 14.2. The Morgan fingerprint density at radius 1 is 1.15 bits per heavy atom. The first-order chi connectivity index (χ1) is 12.5. The molecular weight excluding hydrogens is 352 g/mol. The largest absolute Gasteiger partial charge is 0.481 e. The standard InChI is InChI=1S/C19H20N2O4S/c22-17(23)11-13-6-8-21(9-7-13)19(25)14-3-1-4-15(12-14)20-18(24)16-5-2-10-26-16/h1-5,10,12-13H,6-9,11H2,(H,20,24)(H,22,23). The second-order valence-electron chi connectivity index (χ2n) is 6.35. The maximum atomic E-state index is 12.7. The Kier molecular flexibility index (Phi) is 5.68. The Hall–Kier alpha value is -2.67. The molecule has 7 heteroatoms. The van der Waals surface area contributed by atoms with Crippen LogP contribution in [0.5, 0.6) is 0 Å². The van der Waals surface area contributed by atoms with Crippen molar-refractivity contribution in [3.05, 3.63) is 52.2 Å². The molecule has 3 rings (SSSR count). The minimum absolute atomic E-state index is 0.0917. The van der Waals surface area contributed by atoms with Crippen LogP contribution >= 0.6 is 11.3 Å². The van der Waals surface area contributed by atoms with Crippen molar-refractivity contribution < 1.29 is 19.5 Å². The maximum absolute atomic E-state index is 12.7. The van der Waals surface area contributed by atoms with E-state index in [2.05, 4.69) is 5.32 Å². The normalized spacial score (nSPS) is 14.8. The summed E-state index contributed by atoms with van der Waals surface area (Å²) < 4.78 is 0. The predicted octanol–water partition coefficient (Wildman–Crippen LogP) is 3.33. The zero-order valence-corrected chi connectivity index (χ0v) is 15.0. The van der Waals surface area contributed by atoms with E-state index in [1.807, 2.05) is 11.4 Å². The molecule has 0 aliphatic carbocycles. The van der Waals surface area contributed by atoms with Gasteiger partial charge >= 0.3 is 5.97 Å². The molecule has 0 saturated carbocycles. The summed E-state index contributed by atoms with van der Waals surface area (Å²) in [6.07, 6.45) is 1.56. The van der Waals surface area contributed by atoms with E-state index in [4.69, 9.17) is 5.11 Å². The van der Waals surface area contributed by atoms with E-state index in [0.717, 1.165) is 0 Å². The van der Waals surface area contributed by atoms with Gasteiger partial charge in [0.25, 0.3) is 11.8 Å². The third-order valence-corrected chi connectivity index (χ3v) is 5.35. The van der Waals surface area contributed by atoms with Gasteiger partial charge < -0.3 is 15.3 Å². The Labute approximate surface area is 155 Å². The SMILES string of the molecule is O=C(O)CC1CCN(C(=O)c2cccc(NC(=O)c3cccs3)c2)CC1. The molecule has 1 saturated heterocycles. The maximum Gasteiger partial charge on any atom is 0.303 e. The minimum atomic E-state index is -0.788. The Morgan fingerprint density at radius 3 is 2.58 bits per heavy atom. The first-order valence-corrected chi connectivity index (χ1v) is 9.37. The van der Waals surface area contributed by atoms with Crippen LogP contribution in [0.1, 0.15) is 39.3 Å². The number of hydrogen-bond acceptors (Lipinski definition) is 4. The Balaban J connectivity index is 1.62. The van der Waals surface area contributed by atoms with Crippen LogP contribution in [0.2, 0.25) is 0 Å². The summed E-state index contributed by atoms with van der Waals surface area (Å²) in [5.41, 5.74) is 1.10. The number of carboxylic acids is 1. The number of hydrogen-bond donors (Lipinski definition) is 2. The Morgan fingerprint density at radius 2 is 1.92 bits per heavy atom. The van der Waals surface area contributed by atoms with Gasteiger partial charge in [0.2, 0.25) is 0 Å². The quantitative estimate of drug-likeness (QED) is 0.843. The summed E-state index contributed by atoms with van der Waals surface area (Å²) in [5, 5.41) is 13.5. The third kappa shape index (κ3) is 4.49. The summed E-state index contributed by atoms with van der Waals surface area (Å²) >= 11 is 1.36. The Bertz CT molecular complexity index is 796. The average Bonchev–Trinajstić information content (AvgIpc) is 3.16. The molecule has 26 heavy (non-hydrogen) atoms. The molecule has 1 aliphatic rings. The van der Waals surface area contributed by atoms with Gasteiger partial charge in [-0.3, -0.25) is 14.4 Å². The van der Waals surface area contributed by atoms with Crippen LogP contribution in [0.4, 0.5) is 5.69 Å². The lowest BCUT2D eigenvalue weighted by molar-refractivity contribution is -0.138. The molecule has 2 amide bonds. The van der Waals surface area contributed by atoms with Crippen LogP contribution in [0.25, 0.3) is 0 Å². The second kappa shape index (κ2) is 8.14. The van der Waals surface area contributed by atoms with Gasteiger partial charge in [-0.1, -0.05) is 12.1 Å². The van der Waals surface area contributed by atoms with Crippen molar-refractivity contribution in [2.45, 2.75) is 19.3 Å². The van der Waals surface area contributed by atoms with Gasteiger partial charge in [-0.05, 0) is 48.4 Å². The van der Waals surface area contributed by atoms with Crippen molar-refractivity contribution >= 4 is 34.8 Å². The van der Waals surface area contributed by atoms with Crippen LogP contribution in [0, 0.1) is 5.92 Å². The molecule has 0 radical (unpaired) electrons. The number of piperidine rings is 1. The molecule has 6 nitrogen and oxygen atoms in total. The molecule has 2 heterocycles. The number of aliphatic carboxylic acids is 1. The topological polar surface area (TPSA) is 86.7 Å². The number of amides is 2. The fourth-order valence-electron chi connectivity index (χ4n) is 3.10. The smallest absolute Gasteiger partial charge is 0.303 e. The van der Waals surface area contributed by atoms with Crippen molar-refractivity contribution in [2.75, 3.05) is 18.4 Å². The van der Waals surface area contributed by atoms with Gasteiger partial charge in [0.1, 0.15) is 0 Å². The van der Waals surface area contributed by atoms with Gasteiger partial charge in [-0.2, -0.15) is 0 Å². The summed E-state index contributed by atoms with van der Waals surface area (Å²) in [5.74, 6) is -0.943. The summed E-state index contributed by atoms with van der Waals surface area (Å²) in [6, 6.07) is 10.5. The van der Waals surface area contributed by atoms with E-state index < -0.39 is 5.97 Å². The highest BCUT2D eigenvalue weighted by Gasteiger charge is 2.25. The second-order valence-corrected chi connectivity index (χ2v) is 7.29. The van der Waals surface area contributed by atoms with Crippen molar-refractivity contribution in [1.82, 2.24) is 4.90 Å². The highest BCUT2D eigenvalue weighted by molar-refractivity contribution is 7.12. The monoisotopic (exact) mass is 372 g/mol. The first kappa shape index (κ1) is 18.1. The van der Waals surface area contributed by atoms with Crippen molar-refractivity contribution in [2.24, 2.45) is 5.92 Å². The van der Waals surface area contributed by atoms with Crippen LogP contribution < -0.4 is 5.32 Å². The van der Waals surface area contributed by atoms with Crippen LogP contribution in [0.15, 0.2) is 41.8 Å². The molecule has 0 spiro atoms. The molecule has 0 unspecified atom stereocenters. The molecule has 0 atom stereocenters. The minimum Gasteiger partial charge on any atom is -0.481 e. The van der Waals surface area contributed by atoms with Crippen LogP contribution in [-0.2, 0) is 4.79 Å². The number of carbonyl (C=O) groups excluding carboxylic acids is 2. The van der Waals surface area contributed by atoms with Crippen LogP contribution in [-0.4, -0.2) is 40.9 Å². The van der Waals surface area contributed by atoms with E-state index in [1.165, 1.54) is 11.3 Å². The lowest BCUT2D eigenvalue weighted by atomic mass is 9.93. The fraction of sp³-hybridized carbons (Fsp3) is 0.316. The molecule has 1 aromatic carbocycles. The number of rotatable bonds is 5. The molecule has 2 N–H and O–H groups in total. The van der Waals surface area contributed by atoms with E-state index in [9.17, 15) is 14.4 Å². The number of nitrogens with zero attached hydrogens (tertiary/aromatic N) is 1. The lowest BCUT2D eigenvalue weighted by Gasteiger charge is -2.31. The number of thiophene rings is 1. The zero-order chi connectivity index (χ0) is 18.5. The highest BCUT2D eigenvalue weighted by Crippen LogP contribution is 2.23. The number of likely N-dealkylation sites (tertiary alicyclic amines) is 1. The molecule has 1 aromatic heterocycles. The first-order valence-electron chi connectivity index (χ1n) is 8.49. The van der Waals surface area contributed by atoms with Gasteiger partial charge in [-0.15, -0.1) is 11.3 Å². The van der Waals surface area contributed by atoms with Gasteiger partial charge in [0.15, 0.2) is 0 Å². The van der Waals surface area contributed by atoms with E-state index in [1.54, 1.807) is 35.2 Å². The third-order valence-electron chi connectivity index (χ3n) is 4.48. The summed E-state index contributed by atoms with van der Waals surface area (Å²) in [4.78, 5) is 38.0. The van der Waals surface area contributed by atoms with E-state index in [0.29, 0.717) is 42.1 Å². The van der Waals surface area contributed by atoms with Crippen molar-refractivity contribution in [1.29, 1.82) is 0 Å². The van der Waals surface area contributed by atoms with E-state index >= 15 is 0 Å². The summed E-state index contributed by atoms with van der Waals surface area (Å²) in [6.45, 7) is 1.12. The van der Waals surface area contributed by atoms with Crippen molar-refractivity contribution in [3.8, 4) is 0 Å². The highest BCUT2D eigenvalue weighted by atomic mass is 32.1. The molecule has 1 fully saturated rings.